The highest BCUT2D eigenvalue weighted by atomic mass is 32.1. The first-order valence-electron chi connectivity index (χ1n) is 10.2. The van der Waals surface area contributed by atoms with Crippen LogP contribution in [-0.4, -0.2) is 38.0 Å². The molecule has 6 rings (SSSR count). The van der Waals surface area contributed by atoms with Crippen LogP contribution in [0.1, 0.15) is 28.4 Å². The monoisotopic (exact) mass is 416 g/mol. The molecule has 5 heterocycles. The predicted molar refractivity (Wildman–Crippen MR) is 116 cm³/mol. The molecule has 2 aliphatic rings. The number of amides is 1. The van der Waals surface area contributed by atoms with Crippen LogP contribution in [0.4, 0.5) is 0 Å². The number of rotatable bonds is 2. The molecule has 0 unspecified atom stereocenters. The Hall–Kier alpha value is -3.19. The summed E-state index contributed by atoms with van der Waals surface area (Å²) in [6.07, 6.45) is 4.99. The highest BCUT2D eigenvalue weighted by Gasteiger charge is 2.36. The fourth-order valence-corrected chi connectivity index (χ4v) is 5.83. The Kier molecular flexibility index (Phi) is 3.92. The van der Waals surface area contributed by atoms with Crippen LogP contribution in [0, 0.1) is 5.92 Å². The normalized spacial score (nSPS) is 20.3. The SMILES string of the molecule is O=C(c1ccc2nc(-n3cccc3)sc2c1)N1C[C@@H]2C[C@H](C1)c1cccc(=O)n1C2. The van der Waals surface area contributed by atoms with Gasteiger partial charge >= 0.3 is 0 Å². The van der Waals surface area contributed by atoms with Gasteiger partial charge in [0.15, 0.2) is 5.13 Å². The van der Waals surface area contributed by atoms with Crippen LogP contribution in [0.15, 0.2) is 65.7 Å². The zero-order chi connectivity index (χ0) is 20.2. The van der Waals surface area contributed by atoms with Crippen molar-refractivity contribution in [3.63, 3.8) is 0 Å². The van der Waals surface area contributed by atoms with E-state index in [1.807, 2.05) is 68.9 Å². The average molecular weight is 417 g/mol. The van der Waals surface area contributed by atoms with E-state index in [-0.39, 0.29) is 17.4 Å². The van der Waals surface area contributed by atoms with Crippen LogP contribution in [0.2, 0.25) is 0 Å². The lowest BCUT2D eigenvalue weighted by Crippen LogP contribution is -2.49. The van der Waals surface area contributed by atoms with Gasteiger partial charge in [0.2, 0.25) is 0 Å². The van der Waals surface area contributed by atoms with Gasteiger partial charge in [0.25, 0.3) is 11.5 Å². The Bertz CT molecular complexity index is 1320. The Labute approximate surface area is 177 Å². The minimum absolute atomic E-state index is 0.0641. The summed E-state index contributed by atoms with van der Waals surface area (Å²) in [5.41, 5.74) is 2.74. The van der Waals surface area contributed by atoms with E-state index in [4.69, 9.17) is 0 Å². The van der Waals surface area contributed by atoms with Crippen molar-refractivity contribution in [2.75, 3.05) is 13.1 Å². The molecule has 1 amide bonds. The van der Waals surface area contributed by atoms with Gasteiger partial charge in [0.05, 0.1) is 10.2 Å². The second kappa shape index (κ2) is 6.67. The Morgan fingerprint density at radius 2 is 1.90 bits per heavy atom. The lowest BCUT2D eigenvalue weighted by Gasteiger charge is -2.42. The van der Waals surface area contributed by atoms with Gasteiger partial charge in [0, 0.05) is 55.3 Å². The van der Waals surface area contributed by atoms with E-state index in [1.165, 1.54) is 0 Å². The van der Waals surface area contributed by atoms with Crippen LogP contribution < -0.4 is 5.56 Å². The molecule has 1 saturated heterocycles. The van der Waals surface area contributed by atoms with E-state index in [0.717, 1.165) is 27.5 Å². The molecule has 3 aromatic heterocycles. The van der Waals surface area contributed by atoms with Gasteiger partial charge in [-0.05, 0) is 48.7 Å². The van der Waals surface area contributed by atoms with Crippen molar-refractivity contribution < 1.29 is 4.79 Å². The lowest BCUT2D eigenvalue weighted by molar-refractivity contribution is 0.0595. The highest BCUT2D eigenvalue weighted by molar-refractivity contribution is 7.20. The number of carbonyl (C=O) groups is 1. The summed E-state index contributed by atoms with van der Waals surface area (Å²) < 4.78 is 4.89. The second-order valence-electron chi connectivity index (χ2n) is 8.18. The number of fused-ring (bicyclic) bond motifs is 5. The maximum absolute atomic E-state index is 13.3. The molecule has 1 aromatic carbocycles. The maximum Gasteiger partial charge on any atom is 0.253 e. The molecule has 0 saturated carbocycles. The molecular weight excluding hydrogens is 396 g/mol. The number of benzene rings is 1. The van der Waals surface area contributed by atoms with Gasteiger partial charge in [-0.1, -0.05) is 17.4 Å². The van der Waals surface area contributed by atoms with Crippen molar-refractivity contribution >= 4 is 27.5 Å². The number of hydrogen-bond acceptors (Lipinski definition) is 4. The highest BCUT2D eigenvalue weighted by Crippen LogP contribution is 2.36. The molecule has 0 spiro atoms. The van der Waals surface area contributed by atoms with Crippen LogP contribution >= 0.6 is 11.3 Å². The van der Waals surface area contributed by atoms with Gasteiger partial charge in [-0.3, -0.25) is 9.59 Å². The minimum atomic E-state index is 0.0641. The number of nitrogens with zero attached hydrogens (tertiary/aromatic N) is 4. The van der Waals surface area contributed by atoms with Crippen molar-refractivity contribution in [2.24, 2.45) is 5.92 Å². The first-order valence-corrected chi connectivity index (χ1v) is 11.0. The molecule has 2 aliphatic heterocycles. The van der Waals surface area contributed by atoms with Gasteiger partial charge in [-0.15, -0.1) is 0 Å². The number of aromatic nitrogens is 3. The number of hydrogen-bond donors (Lipinski definition) is 0. The molecule has 0 aliphatic carbocycles. The Balaban J connectivity index is 1.30. The molecule has 1 fully saturated rings. The lowest BCUT2D eigenvalue weighted by atomic mass is 9.83. The van der Waals surface area contributed by atoms with Crippen LogP contribution in [0.3, 0.4) is 0 Å². The molecule has 2 bridgehead atoms. The molecule has 0 radical (unpaired) electrons. The maximum atomic E-state index is 13.3. The van der Waals surface area contributed by atoms with Crippen molar-refractivity contribution in [1.29, 1.82) is 0 Å². The van der Waals surface area contributed by atoms with E-state index in [1.54, 1.807) is 17.4 Å². The van der Waals surface area contributed by atoms with Crippen molar-refractivity contribution in [2.45, 2.75) is 18.9 Å². The number of pyridine rings is 1. The van der Waals surface area contributed by atoms with Gasteiger partial charge in [-0.2, -0.15) is 0 Å². The Morgan fingerprint density at radius 3 is 2.77 bits per heavy atom. The summed E-state index contributed by atoms with van der Waals surface area (Å²) in [5, 5.41) is 0.897. The minimum Gasteiger partial charge on any atom is -0.338 e. The average Bonchev–Trinajstić information content (AvgIpc) is 3.43. The Morgan fingerprint density at radius 1 is 1.03 bits per heavy atom. The number of piperidine rings is 1. The molecule has 150 valence electrons. The molecule has 0 N–H and O–H groups in total. The predicted octanol–water partition coefficient (Wildman–Crippen LogP) is 3.51. The van der Waals surface area contributed by atoms with E-state index < -0.39 is 0 Å². The quantitative estimate of drug-likeness (QED) is 0.502. The zero-order valence-electron chi connectivity index (χ0n) is 16.3. The molecule has 30 heavy (non-hydrogen) atoms. The van der Waals surface area contributed by atoms with Crippen LogP contribution in [0.5, 0.6) is 0 Å². The first kappa shape index (κ1) is 17.7. The molecule has 7 heteroatoms. The molecule has 4 aromatic rings. The first-order chi connectivity index (χ1) is 14.7. The third-order valence-electron chi connectivity index (χ3n) is 6.22. The third-order valence-corrected chi connectivity index (χ3v) is 7.25. The fourth-order valence-electron chi connectivity index (χ4n) is 4.86. The van der Waals surface area contributed by atoms with Crippen molar-refractivity contribution in [1.82, 2.24) is 19.0 Å². The van der Waals surface area contributed by atoms with Crippen LogP contribution in [-0.2, 0) is 6.54 Å². The molecule has 2 atom stereocenters. The van der Waals surface area contributed by atoms with E-state index in [0.29, 0.717) is 31.1 Å². The number of carbonyl (C=O) groups excluding carboxylic acids is 1. The van der Waals surface area contributed by atoms with Crippen LogP contribution in [0.25, 0.3) is 15.3 Å². The van der Waals surface area contributed by atoms with E-state index >= 15 is 0 Å². The summed E-state index contributed by atoms with van der Waals surface area (Å²) in [5.74, 6) is 0.616. The standard InChI is InChI=1S/C23H20N4O2S/c28-21-5-3-4-19-17-10-15(13-27(19)21)12-26(14-17)22(29)16-6-7-18-20(11-16)30-23(24-18)25-8-1-2-9-25/h1-9,11,15,17H,10,12-14H2/t15-,17+/m0/s1. The van der Waals surface area contributed by atoms with Crippen molar-refractivity contribution in [3.05, 3.63) is 82.5 Å². The summed E-state index contributed by atoms with van der Waals surface area (Å²) in [4.78, 5) is 32.2. The third kappa shape index (κ3) is 2.81. The smallest absolute Gasteiger partial charge is 0.253 e. The number of thiazole rings is 1. The molecular formula is C23H20N4O2S. The largest absolute Gasteiger partial charge is 0.338 e. The topological polar surface area (TPSA) is 60.1 Å². The zero-order valence-corrected chi connectivity index (χ0v) is 17.1. The van der Waals surface area contributed by atoms with E-state index in [2.05, 4.69) is 4.98 Å². The second-order valence-corrected chi connectivity index (χ2v) is 9.19. The fraction of sp³-hybridized carbons (Fsp3) is 0.261. The summed E-state index contributed by atoms with van der Waals surface area (Å²) >= 11 is 1.59. The summed E-state index contributed by atoms with van der Waals surface area (Å²) in [6.45, 7) is 2.06. The van der Waals surface area contributed by atoms with Crippen molar-refractivity contribution in [3.8, 4) is 5.13 Å². The summed E-state index contributed by atoms with van der Waals surface area (Å²) in [7, 11) is 0. The number of likely N-dealkylation sites (tertiary alicyclic amines) is 1. The van der Waals surface area contributed by atoms with Gasteiger partial charge < -0.3 is 14.0 Å². The summed E-state index contributed by atoms with van der Waals surface area (Å²) in [6, 6.07) is 15.2. The van der Waals surface area contributed by atoms with E-state index in [9.17, 15) is 9.59 Å². The molecule has 6 nitrogen and oxygen atoms in total. The van der Waals surface area contributed by atoms with Gasteiger partial charge in [0.1, 0.15) is 0 Å². The van der Waals surface area contributed by atoms with Gasteiger partial charge in [-0.25, -0.2) is 4.98 Å².